The van der Waals surface area contributed by atoms with Crippen LogP contribution in [0.2, 0.25) is 0 Å². The molecule has 0 radical (unpaired) electrons. The van der Waals surface area contributed by atoms with Crippen LogP contribution < -0.4 is 20.9 Å². The predicted molar refractivity (Wildman–Crippen MR) is 98.2 cm³/mol. The van der Waals surface area contributed by atoms with Gasteiger partial charge in [0.25, 0.3) is 0 Å². The quantitative estimate of drug-likeness (QED) is 0.711. The van der Waals surface area contributed by atoms with E-state index in [1.54, 1.807) is 6.20 Å². The van der Waals surface area contributed by atoms with E-state index in [0.29, 0.717) is 18.3 Å². The molecule has 1 saturated carbocycles. The number of carbonyl (C=O) groups excluding carboxylic acids is 1. The Bertz CT molecular complexity index is 731. The monoisotopic (exact) mass is 352 g/mol. The van der Waals surface area contributed by atoms with Gasteiger partial charge in [0.1, 0.15) is 6.04 Å². The van der Waals surface area contributed by atoms with Gasteiger partial charge >= 0.3 is 0 Å². The van der Waals surface area contributed by atoms with E-state index >= 15 is 0 Å². The zero-order chi connectivity index (χ0) is 17.8. The lowest BCUT2D eigenvalue weighted by molar-refractivity contribution is -0.123. The van der Waals surface area contributed by atoms with Crippen LogP contribution in [0.1, 0.15) is 36.4 Å². The van der Waals surface area contributed by atoms with Crippen LogP contribution in [0.4, 0.5) is 0 Å². The highest BCUT2D eigenvalue weighted by Gasteiger charge is 2.29. The molecule has 6 heteroatoms. The van der Waals surface area contributed by atoms with Gasteiger partial charge < -0.3 is 10.1 Å². The molecule has 1 aliphatic carbocycles. The van der Waals surface area contributed by atoms with Gasteiger partial charge in [-0.3, -0.25) is 4.79 Å². The van der Waals surface area contributed by atoms with Crippen molar-refractivity contribution in [3.63, 3.8) is 0 Å². The van der Waals surface area contributed by atoms with Crippen LogP contribution in [0.15, 0.2) is 48.7 Å². The van der Waals surface area contributed by atoms with Gasteiger partial charge in [-0.1, -0.05) is 36.4 Å². The molecule has 1 amide bonds. The number of pyridine rings is 1. The molecule has 0 bridgehead atoms. The van der Waals surface area contributed by atoms with Gasteiger partial charge in [-0.05, 0) is 36.3 Å². The fraction of sp³-hybridized carbons (Fsp3) is 0.400. The van der Waals surface area contributed by atoms with Gasteiger partial charge in [-0.25, -0.2) is 15.8 Å². The van der Waals surface area contributed by atoms with Crippen molar-refractivity contribution in [3.05, 3.63) is 59.8 Å². The molecule has 2 heterocycles. The van der Waals surface area contributed by atoms with Crippen molar-refractivity contribution in [2.75, 3.05) is 6.61 Å². The smallest absolute Gasteiger partial charge is 0.238 e. The fourth-order valence-corrected chi connectivity index (χ4v) is 3.03. The topological polar surface area (TPSA) is 75.3 Å². The molecule has 1 saturated heterocycles. The number of amides is 1. The Morgan fingerprint density at radius 1 is 1.15 bits per heavy atom. The summed E-state index contributed by atoms with van der Waals surface area (Å²) in [5.41, 5.74) is 8.43. The van der Waals surface area contributed by atoms with E-state index in [0.717, 1.165) is 18.6 Å². The maximum absolute atomic E-state index is 12.4. The van der Waals surface area contributed by atoms with Crippen LogP contribution in [0.3, 0.4) is 0 Å². The Balaban J connectivity index is 1.23. The van der Waals surface area contributed by atoms with Gasteiger partial charge in [0.05, 0.1) is 6.61 Å². The van der Waals surface area contributed by atoms with Gasteiger partial charge in [-0.15, -0.1) is 0 Å². The Morgan fingerprint density at radius 3 is 2.73 bits per heavy atom. The first-order valence-corrected chi connectivity index (χ1v) is 9.19. The van der Waals surface area contributed by atoms with Crippen LogP contribution in [0, 0.1) is 5.92 Å². The summed E-state index contributed by atoms with van der Waals surface area (Å²) >= 11 is 0. The summed E-state index contributed by atoms with van der Waals surface area (Å²) in [5.74, 6) is 1.35. The minimum Gasteiger partial charge on any atom is -0.477 e. The molecule has 1 aliphatic heterocycles. The van der Waals surface area contributed by atoms with Crippen molar-refractivity contribution < 1.29 is 9.53 Å². The lowest BCUT2D eigenvalue weighted by Crippen LogP contribution is -2.42. The molecular formula is C20H24N4O2. The van der Waals surface area contributed by atoms with Crippen molar-refractivity contribution in [1.29, 1.82) is 0 Å². The lowest BCUT2D eigenvalue weighted by Gasteiger charge is -2.11. The molecule has 1 aromatic carbocycles. The second-order valence-electron chi connectivity index (χ2n) is 7.02. The first-order chi connectivity index (χ1) is 12.8. The molecule has 4 rings (SSSR count). The summed E-state index contributed by atoms with van der Waals surface area (Å²) in [6.07, 6.45) is 5.01. The first kappa shape index (κ1) is 17.0. The third-order valence-electron chi connectivity index (χ3n) is 4.85. The molecule has 1 aromatic heterocycles. The normalized spacial score (nSPS) is 22.2. The molecule has 3 N–H and O–H groups in total. The minimum atomic E-state index is -0.241. The van der Waals surface area contributed by atoms with E-state index in [1.165, 1.54) is 18.4 Å². The molecule has 136 valence electrons. The van der Waals surface area contributed by atoms with E-state index in [4.69, 9.17) is 4.74 Å². The Morgan fingerprint density at radius 2 is 2.00 bits per heavy atom. The van der Waals surface area contributed by atoms with Crippen molar-refractivity contribution in [3.8, 4) is 5.88 Å². The average molecular weight is 352 g/mol. The molecule has 0 spiro atoms. The molecule has 2 unspecified atom stereocenters. The highest BCUT2D eigenvalue weighted by atomic mass is 16.5. The van der Waals surface area contributed by atoms with Crippen molar-refractivity contribution in [2.45, 2.75) is 37.9 Å². The number of carbonyl (C=O) groups is 1. The maximum atomic E-state index is 12.4. The lowest BCUT2D eigenvalue weighted by atomic mass is 10.0. The van der Waals surface area contributed by atoms with Crippen molar-refractivity contribution >= 4 is 5.91 Å². The molecule has 2 atom stereocenters. The van der Waals surface area contributed by atoms with Crippen LogP contribution in [0.5, 0.6) is 5.88 Å². The largest absolute Gasteiger partial charge is 0.477 e. The predicted octanol–water partition coefficient (Wildman–Crippen LogP) is 2.09. The maximum Gasteiger partial charge on any atom is 0.238 e. The summed E-state index contributed by atoms with van der Waals surface area (Å²) in [7, 11) is 0. The van der Waals surface area contributed by atoms with Gasteiger partial charge in [0.2, 0.25) is 11.8 Å². The van der Waals surface area contributed by atoms with Gasteiger partial charge in [0, 0.05) is 24.8 Å². The number of ether oxygens (including phenoxy) is 1. The van der Waals surface area contributed by atoms with Gasteiger partial charge in [0.15, 0.2) is 0 Å². The third-order valence-corrected chi connectivity index (χ3v) is 4.85. The first-order valence-electron chi connectivity index (χ1n) is 9.19. The Labute approximate surface area is 153 Å². The summed E-state index contributed by atoms with van der Waals surface area (Å²) in [6, 6.07) is 13.9. The number of nitrogens with one attached hydrogen (secondary N) is 3. The molecular weight excluding hydrogens is 328 g/mol. The second kappa shape index (κ2) is 7.85. The molecule has 6 nitrogen and oxygen atoms in total. The number of hydrogen-bond acceptors (Lipinski definition) is 5. The number of aromatic nitrogens is 1. The minimum absolute atomic E-state index is 0.00927. The van der Waals surface area contributed by atoms with E-state index in [1.807, 2.05) is 30.3 Å². The van der Waals surface area contributed by atoms with Crippen LogP contribution >= 0.6 is 0 Å². The van der Waals surface area contributed by atoms with Crippen LogP contribution in [-0.2, 0) is 11.3 Å². The number of hydrazine groups is 1. The summed E-state index contributed by atoms with van der Waals surface area (Å²) in [4.78, 5) is 16.7. The average Bonchev–Trinajstić information content (AvgIpc) is 3.39. The molecule has 2 aliphatic rings. The second-order valence-corrected chi connectivity index (χ2v) is 7.02. The number of nitrogens with zero attached hydrogens (tertiary/aromatic N) is 1. The molecule has 2 fully saturated rings. The SMILES string of the molecule is O=C(NCc1ccc(OCC2CC2)nc1)C1CC(c2ccccc2)NN1. The highest BCUT2D eigenvalue weighted by Crippen LogP contribution is 2.29. The number of benzene rings is 1. The van der Waals surface area contributed by atoms with E-state index in [2.05, 4.69) is 33.3 Å². The Hall–Kier alpha value is -2.44. The molecule has 2 aromatic rings. The van der Waals surface area contributed by atoms with Gasteiger partial charge in [-0.2, -0.15) is 0 Å². The zero-order valence-corrected chi connectivity index (χ0v) is 14.7. The van der Waals surface area contributed by atoms with Crippen molar-refractivity contribution in [2.24, 2.45) is 5.92 Å². The fourth-order valence-electron chi connectivity index (χ4n) is 3.03. The highest BCUT2D eigenvalue weighted by molar-refractivity contribution is 5.82. The van der Waals surface area contributed by atoms with E-state index in [9.17, 15) is 4.79 Å². The number of rotatable bonds is 7. The van der Waals surface area contributed by atoms with E-state index < -0.39 is 0 Å². The van der Waals surface area contributed by atoms with Crippen molar-refractivity contribution in [1.82, 2.24) is 21.2 Å². The van der Waals surface area contributed by atoms with E-state index in [-0.39, 0.29) is 18.0 Å². The summed E-state index contributed by atoms with van der Waals surface area (Å²) in [6.45, 7) is 1.22. The van der Waals surface area contributed by atoms with Crippen LogP contribution in [0.25, 0.3) is 0 Å². The third kappa shape index (κ3) is 4.39. The Kier molecular flexibility index (Phi) is 5.13. The number of hydrogen-bond donors (Lipinski definition) is 3. The summed E-state index contributed by atoms with van der Waals surface area (Å²) in [5, 5.41) is 2.97. The summed E-state index contributed by atoms with van der Waals surface area (Å²) < 4.78 is 5.63. The van der Waals surface area contributed by atoms with Crippen LogP contribution in [-0.4, -0.2) is 23.5 Å². The standard InChI is InChI=1S/C20H24N4O2/c25-20(18-10-17(23-24-18)16-4-2-1-3-5-16)22-12-15-8-9-19(21-11-15)26-13-14-6-7-14/h1-5,8-9,11,14,17-18,23-24H,6-7,10,12-13H2,(H,22,25). The molecule has 26 heavy (non-hydrogen) atoms. The zero-order valence-electron chi connectivity index (χ0n) is 14.7.